The average Bonchev–Trinajstić information content (AvgIpc) is 4.11. The number of pyridine rings is 1. The lowest BCUT2D eigenvalue weighted by Crippen LogP contribution is -2.58. The first-order valence-electron chi connectivity index (χ1n) is 18.2. The molecule has 0 unspecified atom stereocenters. The fourth-order valence-corrected chi connectivity index (χ4v) is 9.24. The minimum atomic E-state index is -3.90. The van der Waals surface area contributed by atoms with Crippen molar-refractivity contribution in [3.63, 3.8) is 0 Å². The molecule has 1 aromatic heterocycles. The van der Waals surface area contributed by atoms with Crippen molar-refractivity contribution in [1.82, 2.24) is 19.9 Å². The van der Waals surface area contributed by atoms with Gasteiger partial charge in [-0.15, -0.1) is 6.58 Å². The number of rotatable bonds is 13. The molecule has 2 aromatic carbocycles. The quantitative estimate of drug-likeness (QED) is 0.229. The van der Waals surface area contributed by atoms with Crippen LogP contribution in [0.25, 0.3) is 10.8 Å². The molecule has 54 heavy (non-hydrogen) atoms. The molecule has 1 aliphatic heterocycles. The molecular formula is C39H42ClN5O8S. The largest absolute Gasteiger partial charge is 0.494 e. The van der Waals surface area contributed by atoms with Crippen LogP contribution >= 0.6 is 11.6 Å². The van der Waals surface area contributed by atoms with E-state index in [9.17, 15) is 28.1 Å². The number of carbonyl (C=O) groups is 3. The van der Waals surface area contributed by atoms with Crippen LogP contribution in [0.3, 0.4) is 0 Å². The Kier molecular flexibility index (Phi) is 10.5. The summed E-state index contributed by atoms with van der Waals surface area (Å²) in [7, 11) is -2.37. The maximum Gasteiger partial charge on any atom is 0.264 e. The van der Waals surface area contributed by atoms with E-state index < -0.39 is 62.7 Å². The fourth-order valence-electron chi connectivity index (χ4n) is 7.71. The Morgan fingerprint density at radius 1 is 1.11 bits per heavy atom. The van der Waals surface area contributed by atoms with Gasteiger partial charge in [-0.05, 0) is 68.5 Å². The topological polar surface area (TPSA) is 177 Å². The number of nitrogens with zero attached hydrogens (tertiary/aromatic N) is 3. The van der Waals surface area contributed by atoms with E-state index in [1.807, 2.05) is 0 Å². The van der Waals surface area contributed by atoms with Gasteiger partial charge < -0.3 is 24.4 Å². The molecular weight excluding hydrogens is 734 g/mol. The van der Waals surface area contributed by atoms with Crippen molar-refractivity contribution in [3.8, 4) is 23.4 Å². The highest BCUT2D eigenvalue weighted by molar-refractivity contribution is 7.91. The number of methoxy groups -OCH3 is 1. The zero-order valence-electron chi connectivity index (χ0n) is 29.8. The van der Waals surface area contributed by atoms with E-state index in [2.05, 4.69) is 27.7 Å². The molecule has 0 spiro atoms. The first-order chi connectivity index (χ1) is 26.0. The maximum absolute atomic E-state index is 14.8. The Labute approximate surface area is 319 Å². The van der Waals surface area contributed by atoms with Crippen LogP contribution in [0, 0.1) is 23.2 Å². The van der Waals surface area contributed by atoms with E-state index in [0.717, 1.165) is 32.1 Å². The van der Waals surface area contributed by atoms with Gasteiger partial charge in [-0.25, -0.2) is 13.4 Å². The van der Waals surface area contributed by atoms with Crippen molar-refractivity contribution in [2.24, 2.45) is 11.8 Å². The Morgan fingerprint density at radius 3 is 2.57 bits per heavy atom. The van der Waals surface area contributed by atoms with Crippen LogP contribution < -0.4 is 24.2 Å². The van der Waals surface area contributed by atoms with Crippen LogP contribution in [0.4, 0.5) is 0 Å². The van der Waals surface area contributed by atoms with Gasteiger partial charge in [-0.1, -0.05) is 43.0 Å². The number of hydrogen-bond donors (Lipinski definition) is 2. The average molecular weight is 776 g/mol. The highest BCUT2D eigenvalue weighted by Gasteiger charge is 2.62. The number of carbonyl (C=O) groups excluding carboxylic acids is 3. The van der Waals surface area contributed by atoms with Crippen molar-refractivity contribution in [3.05, 3.63) is 71.9 Å². The van der Waals surface area contributed by atoms with Crippen LogP contribution in [0.15, 0.2) is 61.3 Å². The van der Waals surface area contributed by atoms with E-state index in [-0.39, 0.29) is 31.2 Å². The molecule has 1 saturated heterocycles. The number of amides is 3. The molecule has 13 nitrogen and oxygen atoms in total. The van der Waals surface area contributed by atoms with Crippen LogP contribution in [-0.4, -0.2) is 78.7 Å². The van der Waals surface area contributed by atoms with Crippen LogP contribution in [0.5, 0.6) is 17.4 Å². The van der Waals surface area contributed by atoms with Gasteiger partial charge in [0, 0.05) is 34.1 Å². The summed E-state index contributed by atoms with van der Waals surface area (Å²) in [6.45, 7) is 3.78. The van der Waals surface area contributed by atoms with E-state index >= 15 is 0 Å². The van der Waals surface area contributed by atoms with Gasteiger partial charge in [-0.3, -0.25) is 19.1 Å². The maximum atomic E-state index is 14.8. The number of nitrogens with one attached hydrogen (secondary N) is 2. The molecule has 3 aromatic rings. The molecule has 4 aliphatic rings. The predicted molar refractivity (Wildman–Crippen MR) is 199 cm³/mol. The molecule has 284 valence electrons. The highest BCUT2D eigenvalue weighted by Crippen LogP contribution is 2.46. The standard InChI is InChI=1S/C39H42ClN5O8S/c1-3-25-19-39(25,38(48)44-54(49,50)29-13-14-29)43-35(46)32-18-28(53-36-31-17-26(40)12-15-30(31)33(51-2)21-42-36)22-45(32)37(47)34(24-9-5-4-6-10-24)52-27-11-7-8-23(16-27)20-41/h3,7-8,11-12,15-17,21,24-25,28-29,32,34H,1,4-6,9-10,13-14,18-19,22H2,2H3,(H,43,46)(H,44,48)/t25-,28-,32+,34+,39-/m1/s1. The first-order valence-corrected chi connectivity index (χ1v) is 20.2. The number of ether oxygens (including phenoxy) is 3. The predicted octanol–water partition coefficient (Wildman–Crippen LogP) is 4.81. The Morgan fingerprint density at radius 2 is 1.89 bits per heavy atom. The number of halogens is 1. The fraction of sp³-hybridized carbons (Fsp3) is 0.462. The van der Waals surface area contributed by atoms with Gasteiger partial charge >= 0.3 is 0 Å². The molecule has 0 bridgehead atoms. The van der Waals surface area contributed by atoms with Crippen molar-refractivity contribution in [2.45, 2.75) is 86.8 Å². The number of fused-ring (bicyclic) bond motifs is 1. The summed E-state index contributed by atoms with van der Waals surface area (Å²) in [6.07, 6.45) is 6.77. The van der Waals surface area contributed by atoms with Crippen LogP contribution in [0.1, 0.15) is 63.4 Å². The summed E-state index contributed by atoms with van der Waals surface area (Å²) in [5.41, 5.74) is -1.17. The number of sulfonamides is 1. The minimum Gasteiger partial charge on any atom is -0.494 e. The van der Waals surface area contributed by atoms with Crippen molar-refractivity contribution in [1.29, 1.82) is 5.26 Å². The lowest BCUT2D eigenvalue weighted by molar-refractivity contribution is -0.147. The second kappa shape index (κ2) is 15.1. The van der Waals surface area contributed by atoms with Crippen molar-refractivity contribution in [2.75, 3.05) is 13.7 Å². The van der Waals surface area contributed by atoms with Crippen LogP contribution in [0.2, 0.25) is 5.02 Å². The molecule has 3 aliphatic carbocycles. The van der Waals surface area contributed by atoms with Gasteiger partial charge in [0.2, 0.25) is 21.8 Å². The zero-order chi connectivity index (χ0) is 38.2. The molecule has 7 rings (SSSR count). The number of nitriles is 1. The van der Waals surface area contributed by atoms with Gasteiger partial charge in [0.25, 0.3) is 11.8 Å². The van der Waals surface area contributed by atoms with E-state index in [1.165, 1.54) is 24.3 Å². The lowest BCUT2D eigenvalue weighted by Gasteiger charge is -2.34. The molecule has 4 fully saturated rings. The van der Waals surface area contributed by atoms with Crippen LogP contribution in [-0.2, 0) is 24.4 Å². The number of likely N-dealkylation sites (tertiary alicyclic amines) is 1. The number of hydrogen-bond acceptors (Lipinski definition) is 10. The van der Waals surface area contributed by atoms with Gasteiger partial charge in [0.05, 0.1) is 36.7 Å². The Hall–Kier alpha value is -4.87. The third-order valence-corrected chi connectivity index (χ3v) is 13.0. The Bertz CT molecular complexity index is 2130. The SMILES string of the molecule is C=C[C@@H]1C[C@]1(NC(=O)[C@@H]1C[C@@H](Oc2ncc(OC)c3ccc(Cl)cc23)CN1C(=O)[C@@H](Oc1cccc(C#N)c1)C1CCCCC1)C(=O)NS(=O)(=O)C1CC1. The molecule has 0 radical (unpaired) electrons. The lowest BCUT2D eigenvalue weighted by atomic mass is 9.84. The molecule has 2 heterocycles. The van der Waals surface area contributed by atoms with E-state index in [0.29, 0.717) is 45.7 Å². The number of aromatic nitrogens is 1. The third-order valence-electron chi connectivity index (χ3n) is 10.9. The summed E-state index contributed by atoms with van der Waals surface area (Å²) in [5.74, 6) is -1.48. The second-order valence-corrected chi connectivity index (χ2v) is 17.0. The number of benzene rings is 2. The third kappa shape index (κ3) is 7.57. The smallest absolute Gasteiger partial charge is 0.264 e. The highest BCUT2D eigenvalue weighted by atomic mass is 35.5. The van der Waals surface area contributed by atoms with E-state index in [4.69, 9.17) is 25.8 Å². The minimum absolute atomic E-state index is 0.0162. The molecule has 2 N–H and O–H groups in total. The first kappa shape index (κ1) is 37.4. The molecule has 3 amide bonds. The molecule has 5 atom stereocenters. The normalized spacial score (nSPS) is 24.5. The Balaban J connectivity index is 1.21. The van der Waals surface area contributed by atoms with E-state index in [1.54, 1.807) is 42.5 Å². The van der Waals surface area contributed by atoms with Crippen molar-refractivity contribution < 1.29 is 37.0 Å². The zero-order valence-corrected chi connectivity index (χ0v) is 31.4. The van der Waals surface area contributed by atoms with Crippen molar-refractivity contribution >= 4 is 50.1 Å². The summed E-state index contributed by atoms with van der Waals surface area (Å²) < 4.78 is 46.1. The summed E-state index contributed by atoms with van der Waals surface area (Å²) in [6, 6.07) is 12.8. The molecule has 15 heteroatoms. The summed E-state index contributed by atoms with van der Waals surface area (Å²) in [4.78, 5) is 48.7. The summed E-state index contributed by atoms with van der Waals surface area (Å²) >= 11 is 6.36. The second-order valence-electron chi connectivity index (χ2n) is 14.6. The van der Waals surface area contributed by atoms with Gasteiger partial charge in [-0.2, -0.15) is 5.26 Å². The van der Waals surface area contributed by atoms with Gasteiger partial charge in [0.1, 0.15) is 29.2 Å². The monoisotopic (exact) mass is 775 g/mol. The summed E-state index contributed by atoms with van der Waals surface area (Å²) in [5, 5.41) is 13.4. The molecule has 3 saturated carbocycles. The van der Waals surface area contributed by atoms with Gasteiger partial charge in [0.15, 0.2) is 6.10 Å².